The lowest BCUT2D eigenvalue weighted by Crippen LogP contribution is -1.88. The molecule has 0 spiro atoms. The van der Waals surface area contributed by atoms with Crippen LogP contribution in [0.3, 0.4) is 0 Å². The first-order valence-corrected chi connectivity index (χ1v) is 5.95. The molecular weight excluding hydrogens is 307 g/mol. The second kappa shape index (κ2) is 3.78. The highest BCUT2D eigenvalue weighted by molar-refractivity contribution is 9.10. The summed E-state index contributed by atoms with van der Waals surface area (Å²) in [6, 6.07) is 8.55. The number of aromatic hydroxyl groups is 1. The largest absolute Gasteiger partial charge is 0.494 e. The van der Waals surface area contributed by atoms with E-state index in [2.05, 4.69) is 20.9 Å². The van der Waals surface area contributed by atoms with Gasteiger partial charge in [0.15, 0.2) is 27.3 Å². The first kappa shape index (κ1) is 10.7. The van der Waals surface area contributed by atoms with Gasteiger partial charge in [0.05, 0.1) is 5.52 Å². The van der Waals surface area contributed by atoms with Gasteiger partial charge in [-0.15, -0.1) is 0 Å². The molecule has 0 saturated heterocycles. The minimum Gasteiger partial charge on any atom is -0.494 e. The molecule has 6 heteroatoms. The number of hydrogen-bond donors (Lipinski definition) is 1. The lowest BCUT2D eigenvalue weighted by molar-refractivity contribution is 0.445. The molecule has 17 heavy (non-hydrogen) atoms. The summed E-state index contributed by atoms with van der Waals surface area (Å²) in [6.45, 7) is 0. The van der Waals surface area contributed by atoms with Crippen molar-refractivity contribution in [2.75, 3.05) is 0 Å². The summed E-state index contributed by atoms with van der Waals surface area (Å²) in [5.41, 5.74) is 0.634. The molecule has 0 saturated carbocycles. The molecule has 3 rings (SSSR count). The molecule has 4 nitrogen and oxygen atoms in total. The van der Waals surface area contributed by atoms with Crippen molar-refractivity contribution >= 4 is 33.0 Å². The van der Waals surface area contributed by atoms with E-state index in [0.717, 1.165) is 0 Å². The van der Waals surface area contributed by atoms with E-state index in [1.54, 1.807) is 30.3 Å². The van der Waals surface area contributed by atoms with Crippen LogP contribution in [0.5, 0.6) is 5.88 Å². The predicted molar refractivity (Wildman–Crippen MR) is 67.3 cm³/mol. The Morgan fingerprint density at radius 1 is 1.29 bits per heavy atom. The third-order valence-corrected chi connectivity index (χ3v) is 3.09. The van der Waals surface area contributed by atoms with Gasteiger partial charge in [-0.25, -0.2) is 4.98 Å². The van der Waals surface area contributed by atoms with Crippen molar-refractivity contribution in [3.05, 3.63) is 40.2 Å². The fourth-order valence-corrected chi connectivity index (χ4v) is 2.22. The molecule has 0 aliphatic heterocycles. The van der Waals surface area contributed by atoms with Crippen LogP contribution in [0.1, 0.15) is 0 Å². The number of halogens is 2. The zero-order valence-electron chi connectivity index (χ0n) is 8.39. The number of imidazole rings is 1. The van der Waals surface area contributed by atoms with E-state index >= 15 is 0 Å². The molecule has 3 heterocycles. The molecule has 0 aliphatic carbocycles. The van der Waals surface area contributed by atoms with Crippen LogP contribution in [0.4, 0.5) is 0 Å². The summed E-state index contributed by atoms with van der Waals surface area (Å²) in [6.07, 6.45) is 0. The van der Waals surface area contributed by atoms with E-state index in [1.165, 1.54) is 4.40 Å². The van der Waals surface area contributed by atoms with E-state index < -0.39 is 0 Å². The van der Waals surface area contributed by atoms with E-state index in [1.807, 2.05) is 0 Å². The van der Waals surface area contributed by atoms with Crippen molar-refractivity contribution in [2.45, 2.75) is 0 Å². The molecule has 0 radical (unpaired) electrons. The van der Waals surface area contributed by atoms with Gasteiger partial charge in [0, 0.05) is 0 Å². The Bertz CT molecular complexity index is 705. The number of hydrogen-bond acceptors (Lipinski definition) is 3. The topological polar surface area (TPSA) is 50.7 Å². The SMILES string of the molecule is Oc1cccc2c(Cl)nc(-c3ccc(Br)o3)n12. The lowest BCUT2D eigenvalue weighted by Gasteiger charge is -2.00. The van der Waals surface area contributed by atoms with E-state index in [0.29, 0.717) is 26.9 Å². The van der Waals surface area contributed by atoms with Crippen molar-refractivity contribution in [2.24, 2.45) is 0 Å². The van der Waals surface area contributed by atoms with Gasteiger partial charge in [-0.2, -0.15) is 0 Å². The highest BCUT2D eigenvalue weighted by Gasteiger charge is 2.16. The van der Waals surface area contributed by atoms with Crippen LogP contribution in [0.15, 0.2) is 39.4 Å². The molecule has 0 bridgehead atoms. The molecular formula is C11H6BrClN2O2. The summed E-state index contributed by atoms with van der Waals surface area (Å²) in [5.74, 6) is 1.05. The smallest absolute Gasteiger partial charge is 0.197 e. The summed E-state index contributed by atoms with van der Waals surface area (Å²) < 4.78 is 7.54. The van der Waals surface area contributed by atoms with Crippen LogP contribution in [-0.4, -0.2) is 14.5 Å². The van der Waals surface area contributed by atoms with Crippen LogP contribution in [-0.2, 0) is 0 Å². The molecule has 1 N–H and O–H groups in total. The molecule has 0 aromatic carbocycles. The van der Waals surface area contributed by atoms with Crippen molar-refractivity contribution in [3.63, 3.8) is 0 Å². The maximum absolute atomic E-state index is 9.84. The average Bonchev–Trinajstić information content (AvgIpc) is 2.85. The third kappa shape index (κ3) is 1.62. The van der Waals surface area contributed by atoms with Crippen molar-refractivity contribution in [3.8, 4) is 17.5 Å². The zero-order chi connectivity index (χ0) is 12.0. The molecule has 0 atom stereocenters. The summed E-state index contributed by atoms with van der Waals surface area (Å²) in [5, 5.41) is 10.2. The molecule has 0 aliphatic rings. The van der Waals surface area contributed by atoms with Crippen molar-refractivity contribution < 1.29 is 9.52 Å². The second-order valence-electron chi connectivity index (χ2n) is 3.43. The van der Waals surface area contributed by atoms with E-state index in [-0.39, 0.29) is 5.88 Å². The fourth-order valence-electron chi connectivity index (χ4n) is 1.68. The quantitative estimate of drug-likeness (QED) is 0.745. The van der Waals surface area contributed by atoms with Gasteiger partial charge in [-0.3, -0.25) is 4.40 Å². The number of aromatic nitrogens is 2. The maximum Gasteiger partial charge on any atom is 0.197 e. The van der Waals surface area contributed by atoms with Gasteiger partial charge >= 0.3 is 0 Å². The van der Waals surface area contributed by atoms with Crippen molar-refractivity contribution in [1.82, 2.24) is 9.38 Å². The van der Waals surface area contributed by atoms with Gasteiger partial charge in [-0.05, 0) is 40.2 Å². The minimum atomic E-state index is 0.0597. The predicted octanol–water partition coefficient (Wildman–Crippen LogP) is 3.72. The Morgan fingerprint density at radius 2 is 2.12 bits per heavy atom. The zero-order valence-corrected chi connectivity index (χ0v) is 10.7. The normalized spacial score (nSPS) is 11.2. The molecule has 0 fully saturated rings. The van der Waals surface area contributed by atoms with Crippen LogP contribution in [0.25, 0.3) is 17.1 Å². The summed E-state index contributed by atoms with van der Waals surface area (Å²) in [7, 11) is 0. The van der Waals surface area contributed by atoms with Gasteiger partial charge in [0.2, 0.25) is 0 Å². The standard InChI is InChI=1S/C11H6BrClN2O2/c12-8-5-4-7(17-8)11-14-10(13)6-2-1-3-9(16)15(6)11/h1-5,16H. The van der Waals surface area contributed by atoms with E-state index in [4.69, 9.17) is 16.0 Å². The van der Waals surface area contributed by atoms with Crippen molar-refractivity contribution in [1.29, 1.82) is 0 Å². The molecule has 0 amide bonds. The van der Waals surface area contributed by atoms with Crippen LogP contribution in [0.2, 0.25) is 5.15 Å². The summed E-state index contributed by atoms with van der Waals surface area (Å²) in [4.78, 5) is 4.19. The second-order valence-corrected chi connectivity index (χ2v) is 4.57. The van der Waals surface area contributed by atoms with Gasteiger partial charge in [0.1, 0.15) is 0 Å². The molecule has 3 aromatic rings. The third-order valence-electron chi connectivity index (χ3n) is 2.39. The Labute approximate surface area is 110 Å². The lowest BCUT2D eigenvalue weighted by atomic mass is 10.4. The Morgan fingerprint density at radius 3 is 2.82 bits per heavy atom. The number of rotatable bonds is 1. The van der Waals surface area contributed by atoms with E-state index in [9.17, 15) is 5.11 Å². The fraction of sp³-hybridized carbons (Fsp3) is 0. The first-order chi connectivity index (χ1) is 8.16. The van der Waals surface area contributed by atoms with Crippen LogP contribution >= 0.6 is 27.5 Å². The van der Waals surface area contributed by atoms with Gasteiger partial charge < -0.3 is 9.52 Å². The minimum absolute atomic E-state index is 0.0597. The highest BCUT2D eigenvalue weighted by atomic mass is 79.9. The number of furan rings is 1. The number of pyridine rings is 1. The number of fused-ring (bicyclic) bond motifs is 1. The Balaban J connectivity index is 2.37. The van der Waals surface area contributed by atoms with Crippen LogP contribution in [0, 0.1) is 0 Å². The van der Waals surface area contributed by atoms with Crippen LogP contribution < -0.4 is 0 Å². The maximum atomic E-state index is 9.84. The summed E-state index contributed by atoms with van der Waals surface area (Å²) >= 11 is 9.23. The first-order valence-electron chi connectivity index (χ1n) is 4.78. The number of nitrogens with zero attached hydrogens (tertiary/aromatic N) is 2. The van der Waals surface area contributed by atoms with Gasteiger partial charge in [0.25, 0.3) is 0 Å². The monoisotopic (exact) mass is 312 g/mol. The Hall–Kier alpha value is -1.46. The molecule has 3 aromatic heterocycles. The Kier molecular flexibility index (Phi) is 2.38. The molecule has 0 unspecified atom stereocenters. The molecule has 86 valence electrons. The average molecular weight is 314 g/mol. The highest BCUT2D eigenvalue weighted by Crippen LogP contribution is 2.31. The van der Waals surface area contributed by atoms with Gasteiger partial charge in [-0.1, -0.05) is 17.7 Å².